The molecular formula is C17H19N5O. The van der Waals surface area contributed by atoms with Crippen LogP contribution >= 0.6 is 0 Å². The van der Waals surface area contributed by atoms with Gasteiger partial charge >= 0.3 is 0 Å². The molecule has 118 valence electrons. The third kappa shape index (κ3) is 2.01. The monoisotopic (exact) mass is 309 g/mol. The summed E-state index contributed by atoms with van der Waals surface area (Å²) < 4.78 is 0. The molecule has 0 radical (unpaired) electrons. The van der Waals surface area contributed by atoms with Crippen LogP contribution in [-0.4, -0.2) is 33.9 Å². The number of amides is 1. The molecule has 0 spiro atoms. The van der Waals surface area contributed by atoms with Gasteiger partial charge in [0.1, 0.15) is 5.69 Å². The lowest BCUT2D eigenvalue weighted by molar-refractivity contribution is 0.0941. The normalized spacial score (nSPS) is 30.8. The molecule has 4 unspecified atom stereocenters. The van der Waals surface area contributed by atoms with Crippen LogP contribution in [0.4, 0.5) is 0 Å². The zero-order valence-corrected chi connectivity index (χ0v) is 12.7. The summed E-state index contributed by atoms with van der Waals surface area (Å²) in [7, 11) is 0. The lowest BCUT2D eigenvalue weighted by atomic mass is 10.0. The zero-order valence-electron chi connectivity index (χ0n) is 12.7. The number of H-pyrrole nitrogens is 1. The lowest BCUT2D eigenvalue weighted by Crippen LogP contribution is -2.30. The van der Waals surface area contributed by atoms with E-state index in [4.69, 9.17) is 0 Å². The number of benzene rings is 1. The summed E-state index contributed by atoms with van der Waals surface area (Å²) in [6, 6.07) is 8.96. The van der Waals surface area contributed by atoms with Gasteiger partial charge in [-0.2, -0.15) is 15.4 Å². The lowest BCUT2D eigenvalue weighted by Gasteiger charge is -2.11. The van der Waals surface area contributed by atoms with Crippen molar-refractivity contribution in [3.63, 3.8) is 0 Å². The molecular weight excluding hydrogens is 290 g/mol. The molecule has 2 aromatic rings. The van der Waals surface area contributed by atoms with E-state index in [1.54, 1.807) is 0 Å². The van der Waals surface area contributed by atoms with Crippen LogP contribution in [0.2, 0.25) is 0 Å². The van der Waals surface area contributed by atoms with Gasteiger partial charge in [-0.3, -0.25) is 4.79 Å². The maximum absolute atomic E-state index is 12.6. The predicted molar refractivity (Wildman–Crippen MR) is 84.0 cm³/mol. The fourth-order valence-electron chi connectivity index (χ4n) is 4.33. The van der Waals surface area contributed by atoms with Gasteiger partial charge in [-0.15, -0.1) is 0 Å². The Labute approximate surface area is 134 Å². The standard InChI is InChI=1S/C17H19N5O/c23-17(16-15(20-22-21-16)12-6-3-7-18-12)19-14-11-8-9-4-1-2-5-10(9)13(11)14/h1-2,4-5,11-14,18H,3,6-8H2,(H,19,23)(H,20,21,22). The quantitative estimate of drug-likeness (QED) is 0.798. The number of nitrogens with one attached hydrogen (secondary N) is 3. The molecule has 5 rings (SSSR count). The summed E-state index contributed by atoms with van der Waals surface area (Å²) in [5.74, 6) is 0.936. The maximum Gasteiger partial charge on any atom is 0.274 e. The molecule has 1 saturated carbocycles. The van der Waals surface area contributed by atoms with Crippen molar-refractivity contribution in [2.24, 2.45) is 5.92 Å². The Balaban J connectivity index is 1.32. The highest BCUT2D eigenvalue weighted by Crippen LogP contribution is 2.56. The van der Waals surface area contributed by atoms with Crippen molar-refractivity contribution in [3.05, 3.63) is 46.8 Å². The Hall–Kier alpha value is -2.21. The number of fused-ring (bicyclic) bond motifs is 3. The largest absolute Gasteiger partial charge is 0.347 e. The molecule has 1 aromatic carbocycles. The van der Waals surface area contributed by atoms with Gasteiger partial charge in [-0.05, 0) is 42.9 Å². The second-order valence-electron chi connectivity index (χ2n) is 6.80. The van der Waals surface area contributed by atoms with E-state index in [1.807, 2.05) is 0 Å². The highest BCUT2D eigenvalue weighted by Gasteiger charge is 2.56. The van der Waals surface area contributed by atoms with Crippen LogP contribution in [0.5, 0.6) is 0 Å². The number of carbonyl (C=O) groups excluding carboxylic acids is 1. The van der Waals surface area contributed by atoms with Crippen molar-refractivity contribution < 1.29 is 4.79 Å². The van der Waals surface area contributed by atoms with Gasteiger partial charge in [0.05, 0.1) is 6.04 Å². The molecule has 1 saturated heterocycles. The molecule has 6 nitrogen and oxygen atoms in total. The van der Waals surface area contributed by atoms with Gasteiger partial charge < -0.3 is 10.6 Å². The SMILES string of the molecule is O=C(NC1C2Cc3ccccc3C21)c1n[nH]nc1C1CCCN1. The number of hydrogen-bond donors (Lipinski definition) is 3. The molecule has 2 heterocycles. The topological polar surface area (TPSA) is 82.7 Å². The molecule has 6 heteroatoms. The van der Waals surface area contributed by atoms with Crippen LogP contribution in [-0.2, 0) is 6.42 Å². The van der Waals surface area contributed by atoms with E-state index in [2.05, 4.69) is 50.3 Å². The Bertz CT molecular complexity index is 764. The number of hydrogen-bond acceptors (Lipinski definition) is 4. The van der Waals surface area contributed by atoms with Crippen molar-refractivity contribution in [2.75, 3.05) is 6.54 Å². The number of aromatic nitrogens is 3. The zero-order chi connectivity index (χ0) is 15.4. The van der Waals surface area contributed by atoms with E-state index in [1.165, 1.54) is 11.1 Å². The van der Waals surface area contributed by atoms with Crippen LogP contribution in [0.3, 0.4) is 0 Å². The van der Waals surface area contributed by atoms with Gasteiger partial charge in [-0.25, -0.2) is 0 Å². The molecule has 2 fully saturated rings. The molecule has 0 bridgehead atoms. The van der Waals surface area contributed by atoms with Crippen molar-refractivity contribution in [1.82, 2.24) is 26.0 Å². The highest BCUT2D eigenvalue weighted by atomic mass is 16.2. The van der Waals surface area contributed by atoms with Gasteiger partial charge in [0, 0.05) is 12.0 Å². The van der Waals surface area contributed by atoms with Crippen LogP contribution in [0, 0.1) is 5.92 Å². The second-order valence-corrected chi connectivity index (χ2v) is 6.80. The van der Waals surface area contributed by atoms with Crippen LogP contribution in [0.1, 0.15) is 52.1 Å². The predicted octanol–water partition coefficient (Wildman–Crippen LogP) is 1.30. The van der Waals surface area contributed by atoms with E-state index >= 15 is 0 Å². The molecule has 1 amide bonds. The van der Waals surface area contributed by atoms with E-state index in [0.29, 0.717) is 17.5 Å². The van der Waals surface area contributed by atoms with E-state index in [-0.39, 0.29) is 18.0 Å². The van der Waals surface area contributed by atoms with Crippen LogP contribution in [0.25, 0.3) is 0 Å². The minimum atomic E-state index is -0.0978. The maximum atomic E-state index is 12.6. The molecule has 1 aromatic heterocycles. The fraction of sp³-hybridized carbons (Fsp3) is 0.471. The van der Waals surface area contributed by atoms with Crippen LogP contribution in [0.15, 0.2) is 24.3 Å². The number of nitrogens with zero attached hydrogens (tertiary/aromatic N) is 2. The molecule has 1 aliphatic heterocycles. The molecule has 3 N–H and O–H groups in total. The summed E-state index contributed by atoms with van der Waals surface area (Å²) in [6.45, 7) is 0.974. The number of aromatic amines is 1. The minimum Gasteiger partial charge on any atom is -0.347 e. The Morgan fingerprint density at radius 3 is 3.04 bits per heavy atom. The Kier molecular flexibility index (Phi) is 2.82. The highest BCUT2D eigenvalue weighted by molar-refractivity contribution is 5.94. The third-order valence-electron chi connectivity index (χ3n) is 5.52. The first-order valence-electron chi connectivity index (χ1n) is 8.35. The van der Waals surface area contributed by atoms with Gasteiger partial charge in [-0.1, -0.05) is 24.3 Å². The smallest absolute Gasteiger partial charge is 0.274 e. The van der Waals surface area contributed by atoms with Crippen molar-refractivity contribution in [1.29, 1.82) is 0 Å². The second kappa shape index (κ2) is 4.89. The van der Waals surface area contributed by atoms with E-state index < -0.39 is 0 Å². The minimum absolute atomic E-state index is 0.0978. The molecule has 23 heavy (non-hydrogen) atoms. The summed E-state index contributed by atoms with van der Waals surface area (Å²) in [5, 5.41) is 17.4. The van der Waals surface area contributed by atoms with E-state index in [9.17, 15) is 4.79 Å². The first-order valence-corrected chi connectivity index (χ1v) is 8.35. The molecule has 3 aliphatic rings. The summed E-state index contributed by atoms with van der Waals surface area (Å²) in [5.41, 5.74) is 4.04. The van der Waals surface area contributed by atoms with Crippen molar-refractivity contribution in [3.8, 4) is 0 Å². The van der Waals surface area contributed by atoms with Gasteiger partial charge in [0.25, 0.3) is 5.91 Å². The van der Waals surface area contributed by atoms with E-state index in [0.717, 1.165) is 31.5 Å². The Morgan fingerprint density at radius 1 is 1.26 bits per heavy atom. The number of rotatable bonds is 3. The van der Waals surface area contributed by atoms with Gasteiger partial charge in [0.15, 0.2) is 5.69 Å². The van der Waals surface area contributed by atoms with Gasteiger partial charge in [0.2, 0.25) is 0 Å². The average Bonchev–Trinajstić information content (AvgIpc) is 3.10. The molecule has 4 atom stereocenters. The first kappa shape index (κ1) is 13.2. The fourth-order valence-corrected chi connectivity index (χ4v) is 4.33. The summed E-state index contributed by atoms with van der Waals surface area (Å²) in [4.78, 5) is 12.6. The Morgan fingerprint density at radius 2 is 2.17 bits per heavy atom. The third-order valence-corrected chi connectivity index (χ3v) is 5.52. The number of carbonyl (C=O) groups is 1. The average molecular weight is 309 g/mol. The summed E-state index contributed by atoms with van der Waals surface area (Å²) in [6.07, 6.45) is 3.19. The first-order chi connectivity index (χ1) is 11.3. The molecule has 2 aliphatic carbocycles. The summed E-state index contributed by atoms with van der Waals surface area (Å²) >= 11 is 0. The van der Waals surface area contributed by atoms with Crippen molar-refractivity contribution in [2.45, 2.75) is 37.3 Å². The van der Waals surface area contributed by atoms with Crippen molar-refractivity contribution >= 4 is 5.91 Å². The van der Waals surface area contributed by atoms with Crippen LogP contribution < -0.4 is 10.6 Å².